The van der Waals surface area contributed by atoms with Crippen molar-refractivity contribution in [1.82, 2.24) is 4.98 Å². The second-order valence-corrected chi connectivity index (χ2v) is 6.40. The van der Waals surface area contributed by atoms with Crippen LogP contribution in [0.15, 0.2) is 42.5 Å². The van der Waals surface area contributed by atoms with Crippen LogP contribution in [0.4, 0.5) is 4.39 Å². The minimum atomic E-state index is -0.612. The van der Waals surface area contributed by atoms with E-state index in [2.05, 4.69) is 37.9 Å². The van der Waals surface area contributed by atoms with Crippen molar-refractivity contribution in [3.8, 4) is 17.0 Å². The van der Waals surface area contributed by atoms with Crippen LogP contribution in [0.2, 0.25) is 0 Å². The summed E-state index contributed by atoms with van der Waals surface area (Å²) in [7, 11) is 0. The van der Waals surface area contributed by atoms with Crippen LogP contribution in [0, 0.1) is 5.82 Å². The molecular formula is C18H18FNO. The van der Waals surface area contributed by atoms with Crippen molar-refractivity contribution in [2.45, 2.75) is 26.2 Å². The van der Waals surface area contributed by atoms with E-state index in [9.17, 15) is 9.50 Å². The summed E-state index contributed by atoms with van der Waals surface area (Å²) in [4.78, 5) is 3.21. The van der Waals surface area contributed by atoms with Crippen molar-refractivity contribution >= 4 is 10.9 Å². The van der Waals surface area contributed by atoms with Gasteiger partial charge in [-0.1, -0.05) is 39.0 Å². The number of H-pyrrole nitrogens is 1. The summed E-state index contributed by atoms with van der Waals surface area (Å²) < 4.78 is 13.4. The topological polar surface area (TPSA) is 36.0 Å². The van der Waals surface area contributed by atoms with Gasteiger partial charge in [-0.3, -0.25) is 0 Å². The number of benzene rings is 2. The third-order valence-electron chi connectivity index (χ3n) is 3.73. The number of halogens is 1. The zero-order chi connectivity index (χ0) is 15.2. The van der Waals surface area contributed by atoms with Crippen molar-refractivity contribution in [2.75, 3.05) is 0 Å². The second-order valence-electron chi connectivity index (χ2n) is 6.40. The van der Waals surface area contributed by atoms with Crippen LogP contribution < -0.4 is 0 Å². The predicted octanol–water partition coefficient (Wildman–Crippen LogP) is 4.98. The molecule has 2 nitrogen and oxygen atoms in total. The number of hydrogen-bond acceptors (Lipinski definition) is 1. The summed E-state index contributed by atoms with van der Waals surface area (Å²) in [5.74, 6) is -0.934. The molecule has 3 aromatic rings. The largest absolute Gasteiger partial charge is 0.505 e. The maximum atomic E-state index is 13.4. The van der Waals surface area contributed by atoms with Gasteiger partial charge >= 0.3 is 0 Å². The molecule has 0 aliphatic heterocycles. The molecule has 2 N–H and O–H groups in total. The Morgan fingerprint density at radius 1 is 1.05 bits per heavy atom. The predicted molar refractivity (Wildman–Crippen MR) is 84.1 cm³/mol. The zero-order valence-electron chi connectivity index (χ0n) is 12.4. The SMILES string of the molecule is CC(C)(C)c1cccc(-c2cc3cc(O)c(F)cc3[nH]2)c1. The smallest absolute Gasteiger partial charge is 0.166 e. The van der Waals surface area contributed by atoms with Gasteiger partial charge in [0.05, 0.1) is 0 Å². The minimum absolute atomic E-state index is 0.0758. The first kappa shape index (κ1) is 13.7. The molecular weight excluding hydrogens is 265 g/mol. The van der Waals surface area contributed by atoms with Gasteiger partial charge in [-0.25, -0.2) is 4.39 Å². The Morgan fingerprint density at radius 2 is 1.81 bits per heavy atom. The molecule has 0 saturated heterocycles. The quantitative estimate of drug-likeness (QED) is 0.649. The highest BCUT2D eigenvalue weighted by Gasteiger charge is 2.15. The van der Waals surface area contributed by atoms with Crippen LogP contribution in [-0.2, 0) is 5.41 Å². The highest BCUT2D eigenvalue weighted by atomic mass is 19.1. The molecule has 0 fully saturated rings. The van der Waals surface area contributed by atoms with Crippen LogP contribution in [0.25, 0.3) is 22.2 Å². The molecule has 0 amide bonds. The van der Waals surface area contributed by atoms with E-state index >= 15 is 0 Å². The van der Waals surface area contributed by atoms with Crippen LogP contribution in [0.1, 0.15) is 26.3 Å². The van der Waals surface area contributed by atoms with E-state index < -0.39 is 5.82 Å². The molecule has 1 aromatic heterocycles. The average molecular weight is 283 g/mol. The Bertz CT molecular complexity index is 773. The van der Waals surface area contributed by atoms with Gasteiger partial charge in [-0.2, -0.15) is 0 Å². The fourth-order valence-electron chi connectivity index (χ4n) is 2.45. The molecule has 0 saturated carbocycles. The standard InChI is InChI=1S/C18H18FNO/c1-18(2,3)13-6-4-5-11(7-13)15-8-12-9-17(21)14(19)10-16(12)20-15/h4-10,20-21H,1-3H3. The summed E-state index contributed by atoms with van der Waals surface area (Å²) in [6, 6.07) is 13.0. The molecule has 0 aliphatic carbocycles. The highest BCUT2D eigenvalue weighted by molar-refractivity contribution is 5.87. The molecule has 0 radical (unpaired) electrons. The first-order chi connectivity index (χ1) is 9.84. The van der Waals surface area contributed by atoms with Crippen molar-refractivity contribution in [1.29, 1.82) is 0 Å². The molecule has 0 aliphatic rings. The van der Waals surface area contributed by atoms with Gasteiger partial charge < -0.3 is 10.1 Å². The van der Waals surface area contributed by atoms with Crippen molar-refractivity contribution in [3.05, 3.63) is 53.8 Å². The van der Waals surface area contributed by atoms with Gasteiger partial charge in [0, 0.05) is 22.7 Å². The van der Waals surface area contributed by atoms with Gasteiger partial charge in [-0.05, 0) is 34.7 Å². The molecule has 21 heavy (non-hydrogen) atoms. The molecule has 0 spiro atoms. The van der Waals surface area contributed by atoms with E-state index in [0.717, 1.165) is 16.6 Å². The van der Waals surface area contributed by atoms with Crippen LogP contribution in [0.3, 0.4) is 0 Å². The Hall–Kier alpha value is -2.29. The monoisotopic (exact) mass is 283 g/mol. The van der Waals surface area contributed by atoms with Crippen LogP contribution >= 0.6 is 0 Å². The molecule has 1 heterocycles. The fraction of sp³-hybridized carbons (Fsp3) is 0.222. The molecule has 3 heteroatoms. The lowest BCUT2D eigenvalue weighted by molar-refractivity contribution is 0.433. The van der Waals surface area contributed by atoms with Gasteiger partial charge in [0.2, 0.25) is 0 Å². The maximum absolute atomic E-state index is 13.4. The van der Waals surface area contributed by atoms with E-state index in [1.54, 1.807) is 0 Å². The van der Waals surface area contributed by atoms with Crippen molar-refractivity contribution in [3.63, 3.8) is 0 Å². The third kappa shape index (κ3) is 2.51. The number of aromatic hydroxyl groups is 1. The van der Waals surface area contributed by atoms with E-state index in [-0.39, 0.29) is 11.2 Å². The molecule has 108 valence electrons. The summed E-state index contributed by atoms with van der Waals surface area (Å²) in [6.07, 6.45) is 0. The Morgan fingerprint density at radius 3 is 2.52 bits per heavy atom. The van der Waals surface area contributed by atoms with Crippen molar-refractivity contribution in [2.24, 2.45) is 0 Å². The van der Waals surface area contributed by atoms with Crippen LogP contribution in [0.5, 0.6) is 5.75 Å². The average Bonchev–Trinajstić information content (AvgIpc) is 2.81. The first-order valence-corrected chi connectivity index (χ1v) is 6.97. The number of rotatable bonds is 1. The number of aromatic nitrogens is 1. The van der Waals surface area contributed by atoms with Crippen molar-refractivity contribution < 1.29 is 9.50 Å². The molecule has 3 rings (SSSR count). The third-order valence-corrected chi connectivity index (χ3v) is 3.73. The molecule has 0 bridgehead atoms. The van der Waals surface area contributed by atoms with E-state index in [1.165, 1.54) is 17.7 Å². The molecule has 0 unspecified atom stereocenters. The minimum Gasteiger partial charge on any atom is -0.505 e. The number of nitrogens with one attached hydrogen (secondary N) is 1. The van der Waals surface area contributed by atoms with E-state index in [4.69, 9.17) is 0 Å². The van der Waals surface area contributed by atoms with Gasteiger partial charge in [0.15, 0.2) is 11.6 Å². The van der Waals surface area contributed by atoms with Gasteiger partial charge in [0.25, 0.3) is 0 Å². The lowest BCUT2D eigenvalue weighted by atomic mass is 9.86. The molecule has 2 aromatic carbocycles. The van der Waals surface area contributed by atoms with Crippen LogP contribution in [-0.4, -0.2) is 10.1 Å². The summed E-state index contributed by atoms with van der Waals surface area (Å²) in [6.45, 7) is 6.51. The molecule has 0 atom stereocenters. The highest BCUT2D eigenvalue weighted by Crippen LogP contribution is 2.31. The lowest BCUT2D eigenvalue weighted by Gasteiger charge is -2.19. The number of phenolic OH excluding ortho intramolecular Hbond substituents is 1. The normalized spacial score (nSPS) is 12.0. The van der Waals surface area contributed by atoms with E-state index in [1.807, 2.05) is 18.2 Å². The number of hydrogen-bond donors (Lipinski definition) is 2. The van der Waals surface area contributed by atoms with Gasteiger partial charge in [-0.15, -0.1) is 0 Å². The fourth-order valence-corrected chi connectivity index (χ4v) is 2.45. The summed E-state index contributed by atoms with van der Waals surface area (Å²) >= 11 is 0. The first-order valence-electron chi connectivity index (χ1n) is 6.97. The number of aromatic amines is 1. The number of phenols is 1. The summed E-state index contributed by atoms with van der Waals surface area (Å²) in [5, 5.41) is 10.3. The Balaban J connectivity index is 2.12. The zero-order valence-corrected chi connectivity index (χ0v) is 12.4. The Labute approximate surface area is 123 Å². The van der Waals surface area contributed by atoms with E-state index in [0.29, 0.717) is 5.52 Å². The maximum Gasteiger partial charge on any atom is 0.166 e. The number of fused-ring (bicyclic) bond motifs is 1. The second kappa shape index (κ2) is 4.62. The van der Waals surface area contributed by atoms with Gasteiger partial charge in [0.1, 0.15) is 0 Å². The summed E-state index contributed by atoms with van der Waals surface area (Å²) in [5.41, 5.74) is 3.97. The Kier molecular flexibility index (Phi) is 3.01. The lowest BCUT2D eigenvalue weighted by Crippen LogP contribution is -2.10.